The molecule has 1 spiro atoms. The van der Waals surface area contributed by atoms with Gasteiger partial charge in [0.25, 0.3) is 10.2 Å². The zero-order chi connectivity index (χ0) is 25.0. The highest BCUT2D eigenvalue weighted by molar-refractivity contribution is 7.87. The van der Waals surface area contributed by atoms with Gasteiger partial charge in [-0.1, -0.05) is 17.7 Å². The molecule has 1 aromatic carbocycles. The SMILES string of the molecule is O=S1(=O)NC2(CN1CC(F)(F)F)C1CCC2CC(/C=C/c2ncc(-c3ccc(F)cc3)o2)=C(Cl)C1. The van der Waals surface area contributed by atoms with E-state index in [4.69, 9.17) is 16.0 Å². The molecule has 3 atom stereocenters. The van der Waals surface area contributed by atoms with Crippen LogP contribution in [-0.2, 0) is 10.2 Å². The fraction of sp³-hybridized carbons (Fsp3) is 0.435. The average Bonchev–Trinajstić information content (AvgIpc) is 3.40. The van der Waals surface area contributed by atoms with Crippen molar-refractivity contribution in [1.82, 2.24) is 14.0 Å². The number of hydrogen-bond acceptors (Lipinski definition) is 4. The first kappa shape index (κ1) is 24.5. The van der Waals surface area contributed by atoms with Gasteiger partial charge in [0, 0.05) is 23.2 Å². The molecule has 35 heavy (non-hydrogen) atoms. The number of hydrogen-bond donors (Lipinski definition) is 1. The molecule has 188 valence electrons. The smallest absolute Gasteiger partial charge is 0.402 e. The second kappa shape index (κ2) is 8.72. The minimum atomic E-state index is -4.63. The van der Waals surface area contributed by atoms with Gasteiger partial charge in [-0.15, -0.1) is 0 Å². The third-order valence-electron chi connectivity index (χ3n) is 7.09. The molecule has 2 aliphatic carbocycles. The Labute approximate surface area is 204 Å². The largest absolute Gasteiger partial charge is 0.437 e. The van der Waals surface area contributed by atoms with Crippen molar-refractivity contribution in [2.45, 2.75) is 37.4 Å². The van der Waals surface area contributed by atoms with E-state index in [1.54, 1.807) is 24.3 Å². The topological polar surface area (TPSA) is 75.4 Å². The summed E-state index contributed by atoms with van der Waals surface area (Å²) in [7, 11) is -4.25. The monoisotopic (exact) mass is 531 g/mol. The number of aromatic nitrogens is 1. The van der Waals surface area contributed by atoms with E-state index < -0.39 is 28.5 Å². The van der Waals surface area contributed by atoms with E-state index in [2.05, 4.69) is 9.71 Å². The molecule has 6 nitrogen and oxygen atoms in total. The first-order chi connectivity index (χ1) is 16.5. The van der Waals surface area contributed by atoms with Crippen molar-refractivity contribution in [3.63, 3.8) is 0 Å². The maximum atomic E-state index is 13.1. The number of oxazole rings is 1. The summed E-state index contributed by atoms with van der Waals surface area (Å²) in [4.78, 5) is 4.21. The van der Waals surface area contributed by atoms with Gasteiger partial charge in [-0.25, -0.2) is 9.37 Å². The summed E-state index contributed by atoms with van der Waals surface area (Å²) in [6.07, 6.45) is 2.45. The Morgan fingerprint density at radius 3 is 2.54 bits per heavy atom. The van der Waals surface area contributed by atoms with Crippen LogP contribution < -0.4 is 4.72 Å². The molecule has 2 fully saturated rings. The van der Waals surface area contributed by atoms with Crippen LogP contribution in [0.25, 0.3) is 17.4 Å². The van der Waals surface area contributed by atoms with Gasteiger partial charge in [0.1, 0.15) is 12.4 Å². The number of allylic oxidation sites excluding steroid dienone is 3. The summed E-state index contributed by atoms with van der Waals surface area (Å²) in [5.74, 6) is 0.0139. The first-order valence-electron chi connectivity index (χ1n) is 11.1. The second-order valence-corrected chi connectivity index (χ2v) is 11.4. The van der Waals surface area contributed by atoms with Gasteiger partial charge in [0.05, 0.1) is 11.7 Å². The molecule has 5 rings (SSSR count). The van der Waals surface area contributed by atoms with Gasteiger partial charge in [-0.2, -0.15) is 30.6 Å². The lowest BCUT2D eigenvalue weighted by Gasteiger charge is -2.34. The lowest BCUT2D eigenvalue weighted by atomic mass is 9.79. The molecule has 3 aliphatic rings. The van der Waals surface area contributed by atoms with Crippen LogP contribution in [-0.4, -0.2) is 42.5 Å². The zero-order valence-electron chi connectivity index (χ0n) is 18.4. The van der Waals surface area contributed by atoms with Crippen molar-refractivity contribution in [3.05, 3.63) is 58.9 Å². The molecule has 0 amide bonds. The summed E-state index contributed by atoms with van der Waals surface area (Å²) in [6.45, 7) is -1.75. The average molecular weight is 532 g/mol. The molecule has 1 N–H and O–H groups in total. The molecule has 2 bridgehead atoms. The standard InChI is InChI=1S/C23H22ClF4N3O3S/c24-19-10-17-5-4-16(22(17)12-31(13-23(26,27)28)35(32,33)30-22)9-15(19)3-8-21-29-11-20(34-21)14-1-6-18(25)7-2-14/h1-3,6-8,11,16-17,30H,4-5,9-10,12-13H2/b8-3+. The van der Waals surface area contributed by atoms with Crippen molar-refractivity contribution >= 4 is 27.9 Å². The number of nitrogens with one attached hydrogen (secondary N) is 1. The Bertz CT molecular complexity index is 1290. The number of benzene rings is 1. The number of alkyl halides is 3. The number of nitrogens with zero attached hydrogens (tertiary/aromatic N) is 2. The van der Waals surface area contributed by atoms with Crippen LogP contribution >= 0.6 is 11.6 Å². The quantitative estimate of drug-likeness (QED) is 0.546. The molecule has 12 heteroatoms. The van der Waals surface area contributed by atoms with E-state index in [1.807, 2.05) is 0 Å². The third kappa shape index (κ3) is 4.78. The molecular weight excluding hydrogens is 510 g/mol. The zero-order valence-corrected chi connectivity index (χ0v) is 19.9. The van der Waals surface area contributed by atoms with Crippen molar-refractivity contribution in [3.8, 4) is 11.3 Å². The fourth-order valence-electron chi connectivity index (χ4n) is 5.46. The molecule has 2 heterocycles. The van der Waals surface area contributed by atoms with Crippen LogP contribution in [0.1, 0.15) is 31.6 Å². The predicted molar refractivity (Wildman–Crippen MR) is 122 cm³/mol. The van der Waals surface area contributed by atoms with E-state index in [9.17, 15) is 26.0 Å². The van der Waals surface area contributed by atoms with E-state index in [-0.39, 0.29) is 24.2 Å². The van der Waals surface area contributed by atoms with E-state index in [1.165, 1.54) is 18.3 Å². The molecule has 3 unspecified atom stereocenters. The van der Waals surface area contributed by atoms with Crippen LogP contribution in [0.3, 0.4) is 0 Å². The molecular formula is C23H22ClF4N3O3S. The van der Waals surface area contributed by atoms with Gasteiger partial charge < -0.3 is 4.42 Å². The Hall–Kier alpha value is -2.21. The Morgan fingerprint density at radius 1 is 1.17 bits per heavy atom. The highest BCUT2D eigenvalue weighted by Gasteiger charge is 2.60. The molecule has 1 aliphatic heterocycles. The molecule has 1 saturated heterocycles. The molecule has 0 radical (unpaired) electrons. The minimum Gasteiger partial charge on any atom is -0.437 e. The lowest BCUT2D eigenvalue weighted by molar-refractivity contribution is -0.136. The predicted octanol–water partition coefficient (Wildman–Crippen LogP) is 5.26. The minimum absolute atomic E-state index is 0.198. The van der Waals surface area contributed by atoms with Crippen LogP contribution in [0.5, 0.6) is 0 Å². The van der Waals surface area contributed by atoms with Crippen molar-refractivity contribution in [2.75, 3.05) is 13.1 Å². The van der Waals surface area contributed by atoms with Crippen molar-refractivity contribution < 1.29 is 30.4 Å². The van der Waals surface area contributed by atoms with E-state index in [0.717, 1.165) is 5.57 Å². The number of rotatable bonds is 4. The summed E-state index contributed by atoms with van der Waals surface area (Å²) < 4.78 is 86.1. The van der Waals surface area contributed by atoms with Crippen molar-refractivity contribution in [1.29, 1.82) is 0 Å². The molecule has 2 aromatic rings. The summed E-state index contributed by atoms with van der Waals surface area (Å²) in [5.41, 5.74) is 0.452. The fourth-order valence-corrected chi connectivity index (χ4v) is 7.50. The van der Waals surface area contributed by atoms with Gasteiger partial charge in [-0.3, -0.25) is 0 Å². The van der Waals surface area contributed by atoms with Crippen LogP contribution in [0, 0.1) is 17.7 Å². The maximum Gasteiger partial charge on any atom is 0.402 e. The lowest BCUT2D eigenvalue weighted by Crippen LogP contribution is -2.51. The van der Waals surface area contributed by atoms with Crippen LogP contribution in [0.2, 0.25) is 0 Å². The van der Waals surface area contributed by atoms with Gasteiger partial charge in [-0.05, 0) is 67.4 Å². The Kier molecular flexibility index (Phi) is 6.10. The first-order valence-corrected chi connectivity index (χ1v) is 12.9. The summed E-state index contributed by atoms with van der Waals surface area (Å²) in [6, 6.07) is 5.80. The Morgan fingerprint density at radius 2 is 1.86 bits per heavy atom. The Balaban J connectivity index is 1.35. The third-order valence-corrected chi connectivity index (χ3v) is 9.07. The van der Waals surface area contributed by atoms with Crippen LogP contribution in [0.15, 0.2) is 51.6 Å². The molecule has 1 saturated carbocycles. The van der Waals surface area contributed by atoms with Crippen molar-refractivity contribution in [2.24, 2.45) is 11.8 Å². The van der Waals surface area contributed by atoms with E-state index in [0.29, 0.717) is 52.2 Å². The highest BCUT2D eigenvalue weighted by Crippen LogP contribution is 2.53. The number of halogens is 5. The van der Waals surface area contributed by atoms with Gasteiger partial charge >= 0.3 is 6.18 Å². The van der Waals surface area contributed by atoms with Crippen LogP contribution in [0.4, 0.5) is 17.6 Å². The van der Waals surface area contributed by atoms with Gasteiger partial charge in [0.2, 0.25) is 5.89 Å². The normalized spacial score (nSPS) is 28.9. The summed E-state index contributed by atoms with van der Waals surface area (Å²) in [5, 5.41) is 0.548. The summed E-state index contributed by atoms with van der Waals surface area (Å²) >= 11 is 6.61. The van der Waals surface area contributed by atoms with E-state index >= 15 is 0 Å². The van der Waals surface area contributed by atoms with Gasteiger partial charge in [0.15, 0.2) is 5.76 Å². The maximum absolute atomic E-state index is 13.1. The highest BCUT2D eigenvalue weighted by atomic mass is 35.5. The molecule has 1 aromatic heterocycles. The second-order valence-electron chi connectivity index (χ2n) is 9.24.